The zero-order valence-corrected chi connectivity index (χ0v) is 16.5. The van der Waals surface area contributed by atoms with Gasteiger partial charge in [0.25, 0.3) is 11.8 Å². The van der Waals surface area contributed by atoms with Crippen molar-refractivity contribution in [3.8, 4) is 22.9 Å². The minimum absolute atomic E-state index is 0.173. The van der Waals surface area contributed by atoms with Gasteiger partial charge in [0.05, 0.1) is 43.1 Å². The summed E-state index contributed by atoms with van der Waals surface area (Å²) in [6.45, 7) is 2.65. The van der Waals surface area contributed by atoms with Crippen molar-refractivity contribution < 1.29 is 27.4 Å². The van der Waals surface area contributed by atoms with Crippen molar-refractivity contribution in [3.63, 3.8) is 0 Å². The molecule has 11 heteroatoms. The molecule has 0 aliphatic carbocycles. The molecule has 4 rings (SSSR count). The molecule has 0 fully saturated rings. The zero-order chi connectivity index (χ0) is 22.3. The van der Waals surface area contributed by atoms with Crippen LogP contribution in [0.4, 0.5) is 18.9 Å². The fraction of sp³-hybridized carbons (Fsp3) is 0.200. The molecule has 0 spiro atoms. The van der Waals surface area contributed by atoms with Crippen LogP contribution in [0.2, 0.25) is 0 Å². The van der Waals surface area contributed by atoms with Gasteiger partial charge >= 0.3 is 6.18 Å². The lowest BCUT2D eigenvalue weighted by Gasteiger charge is -2.14. The van der Waals surface area contributed by atoms with Gasteiger partial charge in [0.15, 0.2) is 5.75 Å². The number of anilines is 1. The summed E-state index contributed by atoms with van der Waals surface area (Å²) in [5, 5.41) is 3.69. The van der Waals surface area contributed by atoms with Crippen LogP contribution in [0.1, 0.15) is 16.1 Å². The van der Waals surface area contributed by atoms with E-state index in [1.807, 2.05) is 0 Å². The summed E-state index contributed by atoms with van der Waals surface area (Å²) >= 11 is 0. The highest BCUT2D eigenvalue weighted by Gasteiger charge is 2.35. The molecule has 0 atom stereocenters. The summed E-state index contributed by atoms with van der Waals surface area (Å²) in [4.78, 5) is 22.7. The number of rotatable bonds is 5. The molecule has 4 heterocycles. The van der Waals surface area contributed by atoms with E-state index in [1.165, 1.54) is 25.3 Å². The second kappa shape index (κ2) is 7.42. The van der Waals surface area contributed by atoms with Crippen LogP contribution in [0.15, 0.2) is 43.4 Å². The smallest absolute Gasteiger partial charge is 0.408 e. The van der Waals surface area contributed by atoms with E-state index in [2.05, 4.69) is 21.6 Å². The van der Waals surface area contributed by atoms with Crippen LogP contribution in [0, 0.1) is 0 Å². The van der Waals surface area contributed by atoms with Crippen molar-refractivity contribution in [2.45, 2.75) is 12.7 Å². The van der Waals surface area contributed by atoms with Gasteiger partial charge in [0.2, 0.25) is 0 Å². The molecule has 160 valence electrons. The van der Waals surface area contributed by atoms with E-state index in [0.29, 0.717) is 33.3 Å². The number of amides is 1. The number of halogens is 3. The Hall–Kier alpha value is -3.89. The Balaban J connectivity index is 1.67. The van der Waals surface area contributed by atoms with Crippen LogP contribution in [0.3, 0.4) is 0 Å². The van der Waals surface area contributed by atoms with E-state index in [9.17, 15) is 18.0 Å². The monoisotopic (exact) mass is 431 g/mol. The number of ether oxygens (including phenoxy) is 2. The first-order chi connectivity index (χ1) is 14.7. The second-order valence-electron chi connectivity index (χ2n) is 6.63. The van der Waals surface area contributed by atoms with E-state index in [0.717, 1.165) is 6.20 Å². The fourth-order valence-corrected chi connectivity index (χ4v) is 3.24. The lowest BCUT2D eigenvalue weighted by Crippen LogP contribution is -2.21. The Morgan fingerprint density at radius 2 is 1.94 bits per heavy atom. The number of alkyl halides is 3. The van der Waals surface area contributed by atoms with Crippen molar-refractivity contribution >= 4 is 17.3 Å². The van der Waals surface area contributed by atoms with E-state index < -0.39 is 18.6 Å². The minimum atomic E-state index is -4.43. The van der Waals surface area contributed by atoms with Gasteiger partial charge in [-0.2, -0.15) is 18.3 Å². The Kier molecular flexibility index (Phi) is 4.88. The molecular weight excluding hydrogens is 415 g/mol. The lowest BCUT2D eigenvalue weighted by atomic mass is 10.1. The van der Waals surface area contributed by atoms with Gasteiger partial charge in [-0.3, -0.25) is 14.4 Å². The summed E-state index contributed by atoms with van der Waals surface area (Å²) in [6, 6.07) is 4.92. The maximum atomic E-state index is 12.9. The second-order valence-corrected chi connectivity index (χ2v) is 6.63. The van der Waals surface area contributed by atoms with Gasteiger partial charge in [-0.25, -0.2) is 9.97 Å². The molecule has 0 N–H and O–H groups in total. The largest absolute Gasteiger partial charge is 0.491 e. The van der Waals surface area contributed by atoms with Crippen LogP contribution < -0.4 is 14.4 Å². The van der Waals surface area contributed by atoms with Crippen molar-refractivity contribution in [3.05, 3.63) is 54.6 Å². The first-order valence-corrected chi connectivity index (χ1v) is 8.94. The third-order valence-corrected chi connectivity index (χ3v) is 4.62. The highest BCUT2D eigenvalue weighted by atomic mass is 19.4. The quantitative estimate of drug-likeness (QED) is 0.615. The van der Waals surface area contributed by atoms with Crippen LogP contribution >= 0.6 is 0 Å². The molecule has 1 amide bonds. The summed E-state index contributed by atoms with van der Waals surface area (Å²) in [5.74, 6) is 0.279. The molecule has 0 saturated carbocycles. The van der Waals surface area contributed by atoms with E-state index >= 15 is 0 Å². The van der Waals surface area contributed by atoms with Crippen molar-refractivity contribution in [2.75, 3.05) is 19.1 Å². The molecule has 1 aliphatic heterocycles. The number of hydrogen-bond acceptors (Lipinski definition) is 6. The van der Waals surface area contributed by atoms with Gasteiger partial charge in [-0.1, -0.05) is 6.58 Å². The Morgan fingerprint density at radius 3 is 2.61 bits per heavy atom. The van der Waals surface area contributed by atoms with Crippen LogP contribution in [-0.4, -0.2) is 46.1 Å². The zero-order valence-electron chi connectivity index (χ0n) is 16.5. The number of pyridine rings is 2. The Morgan fingerprint density at radius 1 is 1.16 bits per heavy atom. The Bertz CT molecular complexity index is 1190. The summed E-state index contributed by atoms with van der Waals surface area (Å²) in [7, 11) is 2.95. The maximum Gasteiger partial charge on any atom is 0.408 e. The molecular formula is C20H16F3N5O3. The number of carbonyl (C=O) groups excluding carboxylic acids is 1. The molecule has 1 aliphatic rings. The van der Waals surface area contributed by atoms with Gasteiger partial charge in [0.1, 0.15) is 12.2 Å². The number of hydrogen-bond donors (Lipinski definition) is 0. The third-order valence-electron chi connectivity index (χ3n) is 4.62. The number of methoxy groups -OCH3 is 2. The van der Waals surface area contributed by atoms with Gasteiger partial charge < -0.3 is 9.47 Å². The van der Waals surface area contributed by atoms with Gasteiger partial charge in [-0.15, -0.1) is 0 Å². The molecule has 0 aromatic carbocycles. The van der Waals surface area contributed by atoms with Crippen molar-refractivity contribution in [1.82, 2.24) is 19.7 Å². The van der Waals surface area contributed by atoms with Crippen molar-refractivity contribution in [2.24, 2.45) is 0 Å². The lowest BCUT2D eigenvalue weighted by molar-refractivity contribution is -0.142. The summed E-state index contributed by atoms with van der Waals surface area (Å²) < 4.78 is 48.9. The molecule has 0 radical (unpaired) electrons. The maximum absolute atomic E-state index is 12.9. The molecule has 3 aromatic heterocycles. The average Bonchev–Trinajstić information content (AvgIpc) is 3.27. The predicted octanol–water partition coefficient (Wildman–Crippen LogP) is 3.55. The molecule has 3 aromatic rings. The van der Waals surface area contributed by atoms with Crippen LogP contribution in [-0.2, 0) is 6.54 Å². The SMILES string of the molecule is C=C1c2nc(-c3cnc(OC)c(OC)c3)ccc2C(=O)N1c1cnn(CC(F)(F)F)c1. The van der Waals surface area contributed by atoms with Gasteiger partial charge in [-0.05, 0) is 18.2 Å². The van der Waals surface area contributed by atoms with Gasteiger partial charge in [0, 0.05) is 18.0 Å². The molecule has 0 saturated heterocycles. The number of fused-ring (bicyclic) bond motifs is 1. The molecule has 31 heavy (non-hydrogen) atoms. The number of carbonyl (C=O) groups is 1. The first-order valence-electron chi connectivity index (χ1n) is 8.94. The fourth-order valence-electron chi connectivity index (χ4n) is 3.24. The normalized spacial score (nSPS) is 13.5. The van der Waals surface area contributed by atoms with E-state index in [1.54, 1.807) is 24.4 Å². The van der Waals surface area contributed by atoms with E-state index in [4.69, 9.17) is 9.47 Å². The summed E-state index contributed by atoms with van der Waals surface area (Å²) in [5.41, 5.74) is 2.15. The molecule has 0 unspecified atom stereocenters. The van der Waals surface area contributed by atoms with E-state index in [-0.39, 0.29) is 16.9 Å². The third kappa shape index (κ3) is 3.69. The van der Waals surface area contributed by atoms with Crippen LogP contribution in [0.5, 0.6) is 11.6 Å². The number of aromatic nitrogens is 4. The van der Waals surface area contributed by atoms with Crippen molar-refractivity contribution in [1.29, 1.82) is 0 Å². The highest BCUT2D eigenvalue weighted by molar-refractivity contribution is 6.21. The topological polar surface area (TPSA) is 82.4 Å². The first kappa shape index (κ1) is 20.4. The average molecular weight is 431 g/mol. The summed E-state index contributed by atoms with van der Waals surface area (Å²) in [6.07, 6.45) is -0.557. The standard InChI is InChI=1S/C20H16F3N5O3/c1-11-17-14(19(29)28(11)13-8-25-27(9-13)10-20(21,22)23)4-5-15(26-17)12-6-16(30-2)18(31-3)24-7-12/h4-9H,1,10H2,2-3H3. The minimum Gasteiger partial charge on any atom is -0.491 e. The predicted molar refractivity (Wildman–Crippen MR) is 105 cm³/mol. The Labute approximate surface area is 174 Å². The molecule has 8 nitrogen and oxygen atoms in total. The molecule has 0 bridgehead atoms. The van der Waals surface area contributed by atoms with Crippen LogP contribution in [0.25, 0.3) is 17.0 Å². The number of nitrogens with zero attached hydrogens (tertiary/aromatic N) is 5. The highest BCUT2D eigenvalue weighted by Crippen LogP contribution is 2.37.